The van der Waals surface area contributed by atoms with Gasteiger partial charge in [0.2, 0.25) is 0 Å². The van der Waals surface area contributed by atoms with Crippen LogP contribution in [0.3, 0.4) is 0 Å². The molecule has 2 heteroatoms. The molecule has 0 saturated carbocycles. The molecular weight excluding hydrogens is 306 g/mol. The lowest BCUT2D eigenvalue weighted by atomic mass is 9.98. The normalized spacial score (nSPS) is 17.2. The smallest absolute Gasteiger partial charge is 0.187 e. The maximum atomic E-state index is 12.6. The Labute approximate surface area is 147 Å². The van der Waals surface area contributed by atoms with Gasteiger partial charge in [-0.2, -0.15) is 0 Å². The number of allylic oxidation sites excluding steroid dienone is 2. The second kappa shape index (κ2) is 6.40. The second-order valence-corrected chi connectivity index (χ2v) is 6.34. The van der Waals surface area contributed by atoms with Gasteiger partial charge in [-0.05, 0) is 22.8 Å². The fourth-order valence-electron chi connectivity index (χ4n) is 3.26. The number of rotatable bonds is 3. The summed E-state index contributed by atoms with van der Waals surface area (Å²) in [5, 5.41) is 3.36. The first-order chi connectivity index (χ1) is 12.2. The maximum Gasteiger partial charge on any atom is 0.187 e. The number of carbonyl (C=O) groups excluding carboxylic acids is 1. The Hall–Kier alpha value is -3.13. The van der Waals surface area contributed by atoms with Gasteiger partial charge in [0, 0.05) is 28.9 Å². The minimum Gasteiger partial charge on any atom is -0.358 e. The van der Waals surface area contributed by atoms with E-state index in [9.17, 15) is 4.79 Å². The monoisotopic (exact) mass is 325 g/mol. The first-order valence-electron chi connectivity index (χ1n) is 8.50. The lowest BCUT2D eigenvalue weighted by molar-refractivity contribution is 0.104. The lowest BCUT2D eigenvalue weighted by Gasteiger charge is -2.06. The Kier molecular flexibility index (Phi) is 3.95. The molecule has 1 unspecified atom stereocenters. The van der Waals surface area contributed by atoms with Crippen molar-refractivity contribution in [3.63, 3.8) is 0 Å². The molecule has 0 spiro atoms. The molecule has 0 aromatic heterocycles. The van der Waals surface area contributed by atoms with E-state index in [1.807, 2.05) is 60.7 Å². The second-order valence-electron chi connectivity index (χ2n) is 6.34. The Morgan fingerprint density at radius 2 is 1.48 bits per heavy atom. The van der Waals surface area contributed by atoms with E-state index in [-0.39, 0.29) is 11.7 Å². The summed E-state index contributed by atoms with van der Waals surface area (Å²) in [4.78, 5) is 12.6. The summed E-state index contributed by atoms with van der Waals surface area (Å²) in [6, 6.07) is 26.2. The molecule has 0 bridgehead atoms. The van der Waals surface area contributed by atoms with Gasteiger partial charge in [-0.3, -0.25) is 4.79 Å². The first kappa shape index (κ1) is 15.4. The number of nitrogens with one attached hydrogen (secondary N) is 1. The zero-order chi connectivity index (χ0) is 17.2. The van der Waals surface area contributed by atoms with E-state index >= 15 is 0 Å². The largest absolute Gasteiger partial charge is 0.358 e. The van der Waals surface area contributed by atoms with Crippen molar-refractivity contribution in [3.8, 4) is 11.1 Å². The molecule has 1 heterocycles. The van der Waals surface area contributed by atoms with Gasteiger partial charge in [-0.25, -0.2) is 0 Å². The molecule has 1 N–H and O–H groups in total. The molecule has 0 aliphatic carbocycles. The van der Waals surface area contributed by atoms with Crippen molar-refractivity contribution in [2.75, 3.05) is 5.32 Å². The average Bonchev–Trinajstić information content (AvgIpc) is 2.98. The topological polar surface area (TPSA) is 29.1 Å². The molecule has 1 aliphatic rings. The predicted molar refractivity (Wildman–Crippen MR) is 103 cm³/mol. The van der Waals surface area contributed by atoms with Crippen LogP contribution in [0, 0.1) is 0 Å². The molecule has 0 fully saturated rings. The standard InChI is InChI=1S/C23H19NO/c1-16-20-9-5-6-10-21(20)24-22(16)15-23(25)19-13-11-18(12-14-19)17-7-3-2-4-8-17/h2-16,24H,1H3. The van der Waals surface area contributed by atoms with E-state index < -0.39 is 0 Å². The van der Waals surface area contributed by atoms with Gasteiger partial charge < -0.3 is 5.32 Å². The van der Waals surface area contributed by atoms with E-state index in [0.29, 0.717) is 5.56 Å². The van der Waals surface area contributed by atoms with Crippen LogP contribution in [-0.4, -0.2) is 5.78 Å². The number of carbonyl (C=O) groups is 1. The Bertz CT molecular complexity index is 939. The molecule has 0 saturated heterocycles. The predicted octanol–water partition coefficient (Wildman–Crippen LogP) is 5.65. The molecule has 25 heavy (non-hydrogen) atoms. The number of anilines is 1. The number of fused-ring (bicyclic) bond motifs is 1. The third-order valence-electron chi connectivity index (χ3n) is 4.74. The summed E-state index contributed by atoms with van der Waals surface area (Å²) in [6.45, 7) is 2.12. The maximum absolute atomic E-state index is 12.6. The van der Waals surface area contributed by atoms with Crippen molar-refractivity contribution >= 4 is 11.5 Å². The highest BCUT2D eigenvalue weighted by molar-refractivity contribution is 6.05. The molecule has 0 amide bonds. The third kappa shape index (κ3) is 2.99. The number of benzene rings is 3. The van der Waals surface area contributed by atoms with Crippen molar-refractivity contribution in [1.82, 2.24) is 0 Å². The van der Waals surface area contributed by atoms with Gasteiger partial charge in [0.15, 0.2) is 5.78 Å². The number of hydrogen-bond acceptors (Lipinski definition) is 2. The van der Waals surface area contributed by atoms with E-state index in [4.69, 9.17) is 0 Å². The molecule has 4 rings (SSSR count). The van der Waals surface area contributed by atoms with Crippen molar-refractivity contribution < 1.29 is 4.79 Å². The summed E-state index contributed by atoms with van der Waals surface area (Å²) in [5.74, 6) is 0.241. The Balaban J connectivity index is 1.56. The molecule has 3 aromatic rings. The van der Waals surface area contributed by atoms with E-state index in [2.05, 4.69) is 30.4 Å². The van der Waals surface area contributed by atoms with Crippen LogP contribution in [0.5, 0.6) is 0 Å². The van der Waals surface area contributed by atoms with Crippen LogP contribution in [0.2, 0.25) is 0 Å². The van der Waals surface area contributed by atoms with Gasteiger partial charge in [-0.1, -0.05) is 79.7 Å². The molecule has 1 atom stereocenters. The van der Waals surface area contributed by atoms with Crippen LogP contribution >= 0.6 is 0 Å². The van der Waals surface area contributed by atoms with Gasteiger partial charge in [0.25, 0.3) is 0 Å². The average molecular weight is 325 g/mol. The highest BCUT2D eigenvalue weighted by Gasteiger charge is 2.23. The van der Waals surface area contributed by atoms with Crippen molar-refractivity contribution in [3.05, 3.63) is 102 Å². The number of hydrogen-bond donors (Lipinski definition) is 1. The van der Waals surface area contributed by atoms with Crippen LogP contribution in [0.1, 0.15) is 28.8 Å². The van der Waals surface area contributed by atoms with Crippen LogP contribution in [0.4, 0.5) is 5.69 Å². The molecule has 2 nitrogen and oxygen atoms in total. The molecule has 3 aromatic carbocycles. The summed E-state index contributed by atoms with van der Waals surface area (Å²) < 4.78 is 0. The van der Waals surface area contributed by atoms with E-state index in [1.54, 1.807) is 6.08 Å². The van der Waals surface area contributed by atoms with Crippen LogP contribution < -0.4 is 5.32 Å². The fourth-order valence-corrected chi connectivity index (χ4v) is 3.26. The zero-order valence-corrected chi connectivity index (χ0v) is 14.1. The quantitative estimate of drug-likeness (QED) is 0.498. The van der Waals surface area contributed by atoms with Gasteiger partial charge >= 0.3 is 0 Å². The molecule has 122 valence electrons. The Morgan fingerprint density at radius 1 is 0.840 bits per heavy atom. The minimum atomic E-state index is 0.0294. The number of para-hydroxylation sites is 1. The van der Waals surface area contributed by atoms with Gasteiger partial charge in [-0.15, -0.1) is 0 Å². The fraction of sp³-hybridized carbons (Fsp3) is 0.0870. The molecule has 1 aliphatic heterocycles. The van der Waals surface area contributed by atoms with Crippen LogP contribution in [0.25, 0.3) is 11.1 Å². The van der Waals surface area contributed by atoms with Crippen molar-refractivity contribution in [2.45, 2.75) is 12.8 Å². The van der Waals surface area contributed by atoms with E-state index in [1.165, 1.54) is 5.56 Å². The first-order valence-corrected chi connectivity index (χ1v) is 8.50. The SMILES string of the molecule is CC1C(=CC(=O)c2ccc(-c3ccccc3)cc2)Nc2ccccc21. The summed E-state index contributed by atoms with van der Waals surface area (Å²) >= 11 is 0. The van der Waals surface area contributed by atoms with Crippen molar-refractivity contribution in [2.24, 2.45) is 0 Å². The minimum absolute atomic E-state index is 0.0294. The lowest BCUT2D eigenvalue weighted by Crippen LogP contribution is -2.02. The highest BCUT2D eigenvalue weighted by atomic mass is 16.1. The van der Waals surface area contributed by atoms with Crippen LogP contribution in [-0.2, 0) is 0 Å². The summed E-state index contributed by atoms with van der Waals surface area (Å²) in [7, 11) is 0. The van der Waals surface area contributed by atoms with Gasteiger partial charge in [0.05, 0.1) is 0 Å². The van der Waals surface area contributed by atoms with Gasteiger partial charge in [0.1, 0.15) is 0 Å². The van der Waals surface area contributed by atoms with Crippen molar-refractivity contribution in [1.29, 1.82) is 0 Å². The summed E-state index contributed by atoms with van der Waals surface area (Å²) in [5.41, 5.74) is 6.26. The number of ketones is 1. The van der Waals surface area contributed by atoms with E-state index in [0.717, 1.165) is 22.5 Å². The van der Waals surface area contributed by atoms with Crippen LogP contribution in [0.15, 0.2) is 90.6 Å². The Morgan fingerprint density at radius 3 is 2.20 bits per heavy atom. The molecule has 0 radical (unpaired) electrons. The summed E-state index contributed by atoms with van der Waals surface area (Å²) in [6.07, 6.45) is 1.72. The third-order valence-corrected chi connectivity index (χ3v) is 4.74. The molecular formula is C23H19NO. The highest BCUT2D eigenvalue weighted by Crippen LogP contribution is 2.37. The zero-order valence-electron chi connectivity index (χ0n) is 14.1.